The van der Waals surface area contributed by atoms with E-state index in [2.05, 4.69) is 13.2 Å². The number of ether oxygens (including phenoxy) is 2. The minimum atomic E-state index is -0.648. The zero-order valence-electron chi connectivity index (χ0n) is 22.0. The maximum absolute atomic E-state index is 13.9. The predicted molar refractivity (Wildman–Crippen MR) is 147 cm³/mol. The molecule has 0 radical (unpaired) electrons. The van der Waals surface area contributed by atoms with Crippen molar-refractivity contribution in [3.63, 3.8) is 0 Å². The van der Waals surface area contributed by atoms with Gasteiger partial charge >= 0.3 is 5.97 Å². The Morgan fingerprint density at radius 3 is 2.35 bits per heavy atom. The van der Waals surface area contributed by atoms with Crippen LogP contribution in [0.15, 0.2) is 37.4 Å². The molecule has 0 aromatic heterocycles. The molecule has 196 valence electrons. The fraction of sp³-hybridized carbons (Fsp3) is 0.310. The van der Waals surface area contributed by atoms with E-state index in [1.54, 1.807) is 12.1 Å². The van der Waals surface area contributed by atoms with Crippen LogP contribution in [-0.2, 0) is 14.3 Å². The number of hydrogen-bond acceptors (Lipinski definition) is 6. The van der Waals surface area contributed by atoms with Crippen molar-refractivity contribution in [2.24, 2.45) is 0 Å². The Hall–Kier alpha value is -3.89. The van der Waals surface area contributed by atoms with Crippen molar-refractivity contribution >= 4 is 41.9 Å². The van der Waals surface area contributed by atoms with E-state index < -0.39 is 17.8 Å². The lowest BCUT2D eigenvalue weighted by Crippen LogP contribution is -2.40. The summed E-state index contributed by atoms with van der Waals surface area (Å²) in [7, 11) is 2.57. The standard InChI is InChI=1S/C27H27ClN2O5.C2H6/c1-6-18-12-21(14-29)26(35-5)25(22(18)7-2)27(33)30(16-24(32)34-4)15-20(10-11-31)19-9-8-17(3)23(28)13-19;1-2/h6-9,11-13,20H,1-2,10,15-16H2,3-5H3;1-2H3/t20-;/m1./s1. The molecule has 8 heteroatoms. The van der Waals surface area contributed by atoms with Crippen molar-refractivity contribution < 1.29 is 23.9 Å². The minimum absolute atomic E-state index is 0.00596. The van der Waals surface area contributed by atoms with Crippen LogP contribution in [0.3, 0.4) is 0 Å². The first kappa shape index (κ1) is 31.1. The number of amides is 1. The van der Waals surface area contributed by atoms with Gasteiger partial charge in [-0.2, -0.15) is 5.26 Å². The zero-order chi connectivity index (χ0) is 28.1. The smallest absolute Gasteiger partial charge is 0.325 e. The summed E-state index contributed by atoms with van der Waals surface area (Å²) in [6.45, 7) is 13.0. The number of aryl methyl sites for hydroxylation is 1. The summed E-state index contributed by atoms with van der Waals surface area (Å²) < 4.78 is 10.2. The van der Waals surface area contributed by atoms with Crippen molar-refractivity contribution in [3.05, 3.63) is 75.8 Å². The number of methoxy groups -OCH3 is 2. The van der Waals surface area contributed by atoms with E-state index in [0.29, 0.717) is 16.1 Å². The molecule has 0 heterocycles. The molecule has 37 heavy (non-hydrogen) atoms. The Bertz CT molecular complexity index is 1200. The Kier molecular flexibility index (Phi) is 12.9. The normalized spacial score (nSPS) is 10.6. The number of aldehydes is 1. The van der Waals surface area contributed by atoms with Crippen LogP contribution in [0.5, 0.6) is 5.75 Å². The summed E-state index contributed by atoms with van der Waals surface area (Å²) >= 11 is 6.30. The lowest BCUT2D eigenvalue weighted by Gasteiger charge is -2.28. The van der Waals surface area contributed by atoms with Gasteiger partial charge in [-0.05, 0) is 41.3 Å². The molecule has 0 aliphatic heterocycles. The molecule has 0 N–H and O–H groups in total. The number of benzene rings is 2. The van der Waals surface area contributed by atoms with Crippen LogP contribution in [0, 0.1) is 18.3 Å². The molecule has 2 aromatic carbocycles. The molecule has 2 aromatic rings. The van der Waals surface area contributed by atoms with E-state index in [1.165, 1.54) is 31.3 Å². The van der Waals surface area contributed by atoms with E-state index in [0.717, 1.165) is 17.4 Å². The third-order valence-electron chi connectivity index (χ3n) is 5.64. The highest BCUT2D eigenvalue weighted by atomic mass is 35.5. The van der Waals surface area contributed by atoms with Gasteiger partial charge in [0.15, 0.2) is 0 Å². The number of nitrogens with zero attached hydrogens (tertiary/aromatic N) is 2. The maximum atomic E-state index is 13.9. The molecular formula is C29H33ClN2O5. The van der Waals surface area contributed by atoms with Crippen LogP contribution in [0.25, 0.3) is 12.2 Å². The first-order valence-corrected chi connectivity index (χ1v) is 12.1. The first-order valence-electron chi connectivity index (χ1n) is 11.7. The molecule has 0 aliphatic rings. The van der Waals surface area contributed by atoms with Gasteiger partial charge in [0.1, 0.15) is 24.6 Å². The van der Waals surface area contributed by atoms with E-state index in [-0.39, 0.29) is 36.4 Å². The quantitative estimate of drug-likeness (QED) is 0.271. The average molecular weight is 525 g/mol. The number of carbonyl (C=O) groups excluding carboxylic acids is 3. The Morgan fingerprint density at radius 2 is 1.86 bits per heavy atom. The Labute approximate surface area is 223 Å². The largest absolute Gasteiger partial charge is 0.495 e. The molecule has 2 rings (SSSR count). The van der Waals surface area contributed by atoms with E-state index >= 15 is 0 Å². The molecule has 0 unspecified atom stereocenters. The molecule has 0 saturated carbocycles. The zero-order valence-corrected chi connectivity index (χ0v) is 22.7. The minimum Gasteiger partial charge on any atom is -0.495 e. The van der Waals surface area contributed by atoms with Gasteiger partial charge in [0.05, 0.1) is 25.3 Å². The number of esters is 1. The Balaban J connectivity index is 0.00000334. The van der Waals surface area contributed by atoms with Gasteiger partial charge in [-0.3, -0.25) is 9.59 Å². The number of halogens is 1. The van der Waals surface area contributed by atoms with Gasteiger partial charge in [0.25, 0.3) is 5.91 Å². The summed E-state index contributed by atoms with van der Waals surface area (Å²) in [5.41, 5.74) is 2.71. The van der Waals surface area contributed by atoms with E-state index in [4.69, 9.17) is 21.1 Å². The van der Waals surface area contributed by atoms with Crippen LogP contribution < -0.4 is 4.74 Å². The summed E-state index contributed by atoms with van der Waals surface area (Å²) in [5.74, 6) is -1.63. The van der Waals surface area contributed by atoms with Crippen molar-refractivity contribution in [3.8, 4) is 11.8 Å². The van der Waals surface area contributed by atoms with Gasteiger partial charge in [0, 0.05) is 23.9 Å². The molecule has 1 amide bonds. The Morgan fingerprint density at radius 1 is 1.19 bits per heavy atom. The van der Waals surface area contributed by atoms with Crippen molar-refractivity contribution in [1.82, 2.24) is 4.90 Å². The second kappa shape index (κ2) is 15.3. The average Bonchev–Trinajstić information content (AvgIpc) is 2.92. The van der Waals surface area contributed by atoms with Crippen molar-refractivity contribution in [1.29, 1.82) is 5.26 Å². The second-order valence-corrected chi connectivity index (χ2v) is 8.13. The van der Waals surface area contributed by atoms with Gasteiger partial charge in [-0.1, -0.05) is 62.9 Å². The van der Waals surface area contributed by atoms with Crippen LogP contribution in [0.1, 0.15) is 64.4 Å². The molecule has 0 saturated heterocycles. The van der Waals surface area contributed by atoms with Crippen LogP contribution in [0.2, 0.25) is 5.02 Å². The fourth-order valence-corrected chi connectivity index (χ4v) is 3.94. The van der Waals surface area contributed by atoms with Gasteiger partial charge in [0.2, 0.25) is 0 Å². The van der Waals surface area contributed by atoms with Gasteiger partial charge in [-0.15, -0.1) is 0 Å². The van der Waals surface area contributed by atoms with Crippen molar-refractivity contribution in [2.45, 2.75) is 33.1 Å². The van der Waals surface area contributed by atoms with Crippen LogP contribution in [0.4, 0.5) is 0 Å². The first-order chi connectivity index (χ1) is 17.8. The lowest BCUT2D eigenvalue weighted by molar-refractivity contribution is -0.141. The third kappa shape index (κ3) is 7.55. The van der Waals surface area contributed by atoms with Gasteiger partial charge in [-0.25, -0.2) is 0 Å². The highest BCUT2D eigenvalue weighted by Crippen LogP contribution is 2.34. The highest BCUT2D eigenvalue weighted by Gasteiger charge is 2.30. The summed E-state index contributed by atoms with van der Waals surface area (Å²) in [4.78, 5) is 38.9. The molecule has 0 bridgehead atoms. The summed E-state index contributed by atoms with van der Waals surface area (Å²) in [6.07, 6.45) is 3.81. The monoisotopic (exact) mass is 524 g/mol. The van der Waals surface area contributed by atoms with Crippen molar-refractivity contribution in [2.75, 3.05) is 27.3 Å². The molecule has 1 atom stereocenters. The topological polar surface area (TPSA) is 96.7 Å². The van der Waals surface area contributed by atoms with Gasteiger partial charge < -0.3 is 19.2 Å². The fourth-order valence-electron chi connectivity index (χ4n) is 3.76. The number of rotatable bonds is 11. The maximum Gasteiger partial charge on any atom is 0.325 e. The molecule has 0 spiro atoms. The summed E-state index contributed by atoms with van der Waals surface area (Å²) in [6, 6.07) is 8.98. The van der Waals surface area contributed by atoms with E-state index in [1.807, 2.05) is 39.0 Å². The molecule has 0 aliphatic carbocycles. The van der Waals surface area contributed by atoms with E-state index in [9.17, 15) is 19.6 Å². The lowest BCUT2D eigenvalue weighted by atomic mass is 9.92. The summed E-state index contributed by atoms with van der Waals surface area (Å²) in [5, 5.41) is 10.2. The van der Waals surface area contributed by atoms with Crippen LogP contribution in [-0.4, -0.2) is 50.4 Å². The number of carbonyl (C=O) groups is 3. The third-order valence-corrected chi connectivity index (χ3v) is 6.05. The SMILES string of the molecule is C=Cc1cc(C#N)c(OC)c(C(=O)N(CC(=O)OC)C[C@@H](CC=O)c2ccc(C)c(Cl)c2)c1C=C.CC. The molecular weight excluding hydrogens is 492 g/mol. The number of hydrogen-bond donors (Lipinski definition) is 0. The highest BCUT2D eigenvalue weighted by molar-refractivity contribution is 6.31. The number of nitriles is 1. The molecule has 0 fully saturated rings. The molecule has 7 nitrogen and oxygen atoms in total. The second-order valence-electron chi connectivity index (χ2n) is 7.73. The van der Waals surface area contributed by atoms with Crippen LogP contribution >= 0.6 is 11.6 Å². The predicted octanol–water partition coefficient (Wildman–Crippen LogP) is 5.83.